The van der Waals surface area contributed by atoms with Gasteiger partial charge in [0.05, 0.1) is 5.75 Å². The van der Waals surface area contributed by atoms with Crippen molar-refractivity contribution in [1.82, 2.24) is 4.98 Å². The SMILES string of the molecule is Cc1cc(C)c(CN)c(SCCS(C)(=O)=O)n1. The lowest BCUT2D eigenvalue weighted by atomic mass is 10.1. The van der Waals surface area contributed by atoms with Crippen LogP contribution in [0.5, 0.6) is 0 Å². The largest absolute Gasteiger partial charge is 0.326 e. The van der Waals surface area contributed by atoms with Crippen molar-refractivity contribution in [2.45, 2.75) is 25.4 Å². The standard InChI is InChI=1S/C11H18N2O2S2/c1-8-6-9(2)13-11(10(8)7-12)16-4-5-17(3,14)15/h6H,4-5,7,12H2,1-3H3. The Morgan fingerprint density at radius 3 is 2.59 bits per heavy atom. The average molecular weight is 274 g/mol. The Bertz CT molecular complexity index is 498. The number of rotatable bonds is 5. The van der Waals surface area contributed by atoms with Crippen molar-refractivity contribution in [2.24, 2.45) is 5.73 Å². The van der Waals surface area contributed by atoms with Gasteiger partial charge in [0.25, 0.3) is 0 Å². The molecule has 6 heteroatoms. The van der Waals surface area contributed by atoms with E-state index < -0.39 is 9.84 Å². The van der Waals surface area contributed by atoms with Gasteiger partial charge in [0.2, 0.25) is 0 Å². The molecule has 2 N–H and O–H groups in total. The van der Waals surface area contributed by atoms with E-state index in [1.807, 2.05) is 19.9 Å². The van der Waals surface area contributed by atoms with Crippen LogP contribution >= 0.6 is 11.8 Å². The molecule has 0 saturated carbocycles. The molecule has 1 aromatic heterocycles. The van der Waals surface area contributed by atoms with Crippen LogP contribution in [0.4, 0.5) is 0 Å². The number of pyridine rings is 1. The second kappa shape index (κ2) is 5.84. The highest BCUT2D eigenvalue weighted by atomic mass is 32.2. The summed E-state index contributed by atoms with van der Waals surface area (Å²) in [6.07, 6.45) is 1.24. The molecule has 1 aromatic rings. The molecule has 96 valence electrons. The van der Waals surface area contributed by atoms with Crippen LogP contribution in [0.15, 0.2) is 11.1 Å². The first-order valence-corrected chi connectivity index (χ1v) is 8.36. The zero-order valence-corrected chi connectivity index (χ0v) is 12.0. The molecule has 0 fully saturated rings. The summed E-state index contributed by atoms with van der Waals surface area (Å²) in [6, 6.07) is 1.99. The van der Waals surface area contributed by atoms with E-state index >= 15 is 0 Å². The van der Waals surface area contributed by atoms with E-state index in [9.17, 15) is 8.42 Å². The Balaban J connectivity index is 2.83. The summed E-state index contributed by atoms with van der Waals surface area (Å²) in [5.41, 5.74) is 8.74. The third-order valence-electron chi connectivity index (χ3n) is 2.33. The molecule has 0 aliphatic carbocycles. The van der Waals surface area contributed by atoms with Crippen LogP contribution in [0.1, 0.15) is 16.8 Å². The lowest BCUT2D eigenvalue weighted by molar-refractivity contribution is 0.603. The minimum Gasteiger partial charge on any atom is -0.326 e. The number of aromatic nitrogens is 1. The minimum absolute atomic E-state index is 0.163. The Morgan fingerprint density at radius 1 is 1.41 bits per heavy atom. The van der Waals surface area contributed by atoms with Crippen LogP contribution in [0.3, 0.4) is 0 Å². The Kier molecular flexibility index (Phi) is 4.97. The summed E-state index contributed by atoms with van der Waals surface area (Å²) in [5.74, 6) is 0.679. The first-order chi connectivity index (χ1) is 7.83. The van der Waals surface area contributed by atoms with Crippen molar-refractivity contribution < 1.29 is 8.42 Å². The van der Waals surface area contributed by atoms with Gasteiger partial charge in [-0.3, -0.25) is 0 Å². The van der Waals surface area contributed by atoms with Gasteiger partial charge in [-0.1, -0.05) is 0 Å². The highest BCUT2D eigenvalue weighted by Crippen LogP contribution is 2.23. The lowest BCUT2D eigenvalue weighted by Gasteiger charge is -2.10. The zero-order valence-electron chi connectivity index (χ0n) is 10.4. The highest BCUT2D eigenvalue weighted by Gasteiger charge is 2.09. The minimum atomic E-state index is -2.91. The van der Waals surface area contributed by atoms with E-state index in [1.165, 1.54) is 18.0 Å². The smallest absolute Gasteiger partial charge is 0.148 e. The van der Waals surface area contributed by atoms with E-state index in [1.54, 1.807) is 0 Å². The molecule has 0 spiro atoms. The number of hydrogen-bond donors (Lipinski definition) is 1. The third kappa shape index (κ3) is 4.65. The summed E-state index contributed by atoms with van der Waals surface area (Å²) < 4.78 is 22.1. The van der Waals surface area contributed by atoms with E-state index in [-0.39, 0.29) is 5.75 Å². The van der Waals surface area contributed by atoms with Crippen molar-refractivity contribution in [2.75, 3.05) is 17.8 Å². The van der Waals surface area contributed by atoms with Crippen LogP contribution in [0, 0.1) is 13.8 Å². The molecular weight excluding hydrogens is 256 g/mol. The average Bonchev–Trinajstić information content (AvgIpc) is 2.14. The van der Waals surface area contributed by atoms with Gasteiger partial charge in [-0.25, -0.2) is 13.4 Å². The van der Waals surface area contributed by atoms with Gasteiger partial charge in [-0.05, 0) is 25.5 Å². The van der Waals surface area contributed by atoms with Crippen molar-refractivity contribution in [3.05, 3.63) is 22.9 Å². The van der Waals surface area contributed by atoms with E-state index in [0.717, 1.165) is 21.8 Å². The molecule has 0 aliphatic rings. The molecular formula is C11H18N2O2S2. The second-order valence-electron chi connectivity index (χ2n) is 4.05. The van der Waals surface area contributed by atoms with Gasteiger partial charge in [-0.15, -0.1) is 11.8 Å². The van der Waals surface area contributed by atoms with E-state index in [0.29, 0.717) is 12.3 Å². The first kappa shape index (κ1) is 14.5. The van der Waals surface area contributed by atoms with Crippen molar-refractivity contribution in [3.63, 3.8) is 0 Å². The number of thioether (sulfide) groups is 1. The number of sulfone groups is 1. The first-order valence-electron chi connectivity index (χ1n) is 5.31. The van der Waals surface area contributed by atoms with Gasteiger partial charge in [0, 0.05) is 29.8 Å². The predicted octanol–water partition coefficient (Wildman–Crippen LogP) is 1.29. The molecule has 0 unspecified atom stereocenters. The Morgan fingerprint density at radius 2 is 2.06 bits per heavy atom. The monoisotopic (exact) mass is 274 g/mol. The summed E-state index contributed by atoms with van der Waals surface area (Å²) in [4.78, 5) is 4.41. The van der Waals surface area contributed by atoms with Gasteiger partial charge >= 0.3 is 0 Å². The molecule has 4 nitrogen and oxygen atoms in total. The van der Waals surface area contributed by atoms with Gasteiger partial charge in [0.1, 0.15) is 14.9 Å². The molecule has 0 aromatic carbocycles. The van der Waals surface area contributed by atoms with Crippen LogP contribution in [0.2, 0.25) is 0 Å². The van der Waals surface area contributed by atoms with Crippen LogP contribution in [-0.2, 0) is 16.4 Å². The molecule has 1 heterocycles. The highest BCUT2D eigenvalue weighted by molar-refractivity contribution is 8.00. The summed E-state index contributed by atoms with van der Waals surface area (Å²) >= 11 is 1.46. The maximum Gasteiger partial charge on any atom is 0.148 e. The van der Waals surface area contributed by atoms with Crippen molar-refractivity contribution >= 4 is 21.6 Å². The maximum atomic E-state index is 11.1. The summed E-state index contributed by atoms with van der Waals surface area (Å²) in [7, 11) is -2.91. The number of nitrogens with zero attached hydrogens (tertiary/aromatic N) is 1. The summed E-state index contributed by atoms with van der Waals surface area (Å²) in [6.45, 7) is 4.35. The zero-order chi connectivity index (χ0) is 13.1. The molecule has 0 bridgehead atoms. The fraction of sp³-hybridized carbons (Fsp3) is 0.545. The normalized spacial score (nSPS) is 11.8. The Labute approximate surface area is 107 Å². The number of aryl methyl sites for hydroxylation is 2. The lowest BCUT2D eigenvalue weighted by Crippen LogP contribution is -2.08. The van der Waals surface area contributed by atoms with Crippen LogP contribution in [-0.4, -0.2) is 31.2 Å². The van der Waals surface area contributed by atoms with Crippen molar-refractivity contribution in [3.8, 4) is 0 Å². The maximum absolute atomic E-state index is 11.1. The molecule has 0 atom stereocenters. The molecule has 0 radical (unpaired) electrons. The van der Waals surface area contributed by atoms with Crippen molar-refractivity contribution in [1.29, 1.82) is 0 Å². The van der Waals surface area contributed by atoms with Gasteiger partial charge in [-0.2, -0.15) is 0 Å². The van der Waals surface area contributed by atoms with Gasteiger partial charge in [0.15, 0.2) is 0 Å². The fourth-order valence-corrected chi connectivity index (χ4v) is 3.85. The molecule has 1 rings (SSSR count). The second-order valence-corrected chi connectivity index (χ2v) is 7.39. The Hall–Kier alpha value is -0.590. The third-order valence-corrected chi connectivity index (χ3v) is 4.56. The number of hydrogen-bond acceptors (Lipinski definition) is 5. The molecule has 0 amide bonds. The molecule has 0 saturated heterocycles. The van der Waals surface area contributed by atoms with Crippen LogP contribution in [0.25, 0.3) is 0 Å². The van der Waals surface area contributed by atoms with Gasteiger partial charge < -0.3 is 5.73 Å². The van der Waals surface area contributed by atoms with E-state index in [4.69, 9.17) is 5.73 Å². The fourth-order valence-electron chi connectivity index (χ4n) is 1.49. The van der Waals surface area contributed by atoms with Crippen LogP contribution < -0.4 is 5.73 Å². The number of nitrogens with two attached hydrogens (primary N) is 1. The molecule has 0 aliphatic heterocycles. The van der Waals surface area contributed by atoms with E-state index in [2.05, 4.69) is 4.98 Å². The molecule has 17 heavy (non-hydrogen) atoms. The predicted molar refractivity (Wildman–Crippen MR) is 72.0 cm³/mol. The topological polar surface area (TPSA) is 73.1 Å². The summed E-state index contributed by atoms with van der Waals surface area (Å²) in [5, 5.41) is 0.855. The quantitative estimate of drug-likeness (QED) is 0.819.